The summed E-state index contributed by atoms with van der Waals surface area (Å²) >= 11 is 6.15. The van der Waals surface area contributed by atoms with Gasteiger partial charge in [0.2, 0.25) is 5.82 Å². The molecule has 1 amide bonds. The third-order valence-corrected chi connectivity index (χ3v) is 4.11. The maximum atomic E-state index is 13.1. The first kappa shape index (κ1) is 17.1. The van der Waals surface area contributed by atoms with Gasteiger partial charge in [0, 0.05) is 5.02 Å². The van der Waals surface area contributed by atoms with Crippen LogP contribution in [0.5, 0.6) is 0 Å². The average Bonchev–Trinajstić information content (AvgIpc) is 2.98. The molecule has 1 N–H and O–H groups in total. The molecule has 0 aliphatic heterocycles. The van der Waals surface area contributed by atoms with Crippen molar-refractivity contribution in [1.29, 1.82) is 0 Å². The Bertz CT molecular complexity index is 908. The molecule has 0 bridgehead atoms. The Morgan fingerprint density at radius 1 is 1.20 bits per heavy atom. The highest BCUT2D eigenvalue weighted by molar-refractivity contribution is 6.31. The van der Waals surface area contributed by atoms with Crippen LogP contribution in [-0.2, 0) is 0 Å². The summed E-state index contributed by atoms with van der Waals surface area (Å²) in [6, 6.07) is 12.8. The number of carbonyl (C=O) groups is 1. The molecule has 0 spiro atoms. The van der Waals surface area contributed by atoms with Gasteiger partial charge < -0.3 is 5.32 Å². The molecule has 0 saturated heterocycles. The highest BCUT2D eigenvalue weighted by Crippen LogP contribution is 2.22. The fourth-order valence-electron chi connectivity index (χ4n) is 2.48. The maximum Gasteiger partial charge on any atom is 0.291 e. The molecular weight excluding hydrogens is 343 g/mol. The van der Waals surface area contributed by atoms with Crippen LogP contribution in [-0.4, -0.2) is 20.7 Å². The summed E-state index contributed by atoms with van der Waals surface area (Å²) < 4.78 is 14.5. The van der Waals surface area contributed by atoms with Crippen molar-refractivity contribution in [2.45, 2.75) is 19.9 Å². The molecule has 25 heavy (non-hydrogen) atoms. The van der Waals surface area contributed by atoms with Crippen molar-refractivity contribution < 1.29 is 9.18 Å². The van der Waals surface area contributed by atoms with Crippen LogP contribution in [0, 0.1) is 12.7 Å². The molecule has 0 fully saturated rings. The Morgan fingerprint density at radius 3 is 2.56 bits per heavy atom. The van der Waals surface area contributed by atoms with E-state index in [1.807, 2.05) is 25.1 Å². The zero-order valence-electron chi connectivity index (χ0n) is 13.7. The van der Waals surface area contributed by atoms with Gasteiger partial charge in [-0.2, -0.15) is 0 Å². The lowest BCUT2D eigenvalue weighted by molar-refractivity contribution is 0.0929. The van der Waals surface area contributed by atoms with Gasteiger partial charge in [-0.25, -0.2) is 14.1 Å². The Morgan fingerprint density at radius 2 is 1.88 bits per heavy atom. The molecule has 3 rings (SSSR count). The molecular formula is C18H16ClFN4O. The number of aromatic nitrogens is 3. The Kier molecular flexibility index (Phi) is 4.81. The largest absolute Gasteiger partial charge is 0.343 e. The topological polar surface area (TPSA) is 59.8 Å². The standard InChI is InChI=1S/C18H16ClFN4O/c1-11(15-5-3-4-6-16(15)19)21-18(25)17-22-12(2)24(23-17)14-9-7-13(20)8-10-14/h3-11H,1-2H3,(H,21,25)/t11-/m1/s1. The van der Waals surface area contributed by atoms with E-state index in [4.69, 9.17) is 11.6 Å². The van der Waals surface area contributed by atoms with E-state index in [-0.39, 0.29) is 17.7 Å². The molecule has 0 radical (unpaired) electrons. The smallest absolute Gasteiger partial charge is 0.291 e. The summed E-state index contributed by atoms with van der Waals surface area (Å²) in [5, 5.41) is 7.63. The number of amides is 1. The minimum Gasteiger partial charge on any atom is -0.343 e. The van der Waals surface area contributed by atoms with Gasteiger partial charge in [0.05, 0.1) is 11.7 Å². The Hall–Kier alpha value is -2.73. The zero-order valence-corrected chi connectivity index (χ0v) is 14.5. The van der Waals surface area contributed by atoms with Gasteiger partial charge in [-0.1, -0.05) is 29.8 Å². The van der Waals surface area contributed by atoms with Crippen LogP contribution in [0.25, 0.3) is 5.69 Å². The first-order valence-electron chi connectivity index (χ1n) is 7.70. The number of carbonyl (C=O) groups excluding carboxylic acids is 1. The van der Waals surface area contributed by atoms with E-state index in [0.717, 1.165) is 5.56 Å². The number of nitrogens with zero attached hydrogens (tertiary/aromatic N) is 3. The van der Waals surface area contributed by atoms with E-state index in [1.54, 1.807) is 25.1 Å². The van der Waals surface area contributed by atoms with Gasteiger partial charge >= 0.3 is 0 Å². The number of benzene rings is 2. The molecule has 0 unspecified atom stereocenters. The van der Waals surface area contributed by atoms with Crippen LogP contribution in [0.2, 0.25) is 5.02 Å². The van der Waals surface area contributed by atoms with Crippen LogP contribution in [0.4, 0.5) is 4.39 Å². The fraction of sp³-hybridized carbons (Fsp3) is 0.167. The van der Waals surface area contributed by atoms with E-state index in [9.17, 15) is 9.18 Å². The van der Waals surface area contributed by atoms with Crippen LogP contribution in [0.15, 0.2) is 48.5 Å². The van der Waals surface area contributed by atoms with Crippen LogP contribution in [0.1, 0.15) is 35.0 Å². The van der Waals surface area contributed by atoms with Gasteiger partial charge in [0.1, 0.15) is 11.6 Å². The number of hydrogen-bond acceptors (Lipinski definition) is 3. The van der Waals surface area contributed by atoms with E-state index >= 15 is 0 Å². The molecule has 2 aromatic carbocycles. The lowest BCUT2D eigenvalue weighted by atomic mass is 10.1. The zero-order chi connectivity index (χ0) is 18.0. The van der Waals surface area contributed by atoms with Crippen LogP contribution >= 0.6 is 11.6 Å². The van der Waals surface area contributed by atoms with Gasteiger partial charge in [0.15, 0.2) is 0 Å². The summed E-state index contributed by atoms with van der Waals surface area (Å²) in [7, 11) is 0. The highest BCUT2D eigenvalue weighted by atomic mass is 35.5. The van der Waals surface area contributed by atoms with Crippen molar-refractivity contribution >= 4 is 17.5 Å². The fourth-order valence-corrected chi connectivity index (χ4v) is 2.78. The van der Waals surface area contributed by atoms with Crippen molar-refractivity contribution in [2.24, 2.45) is 0 Å². The monoisotopic (exact) mass is 358 g/mol. The Labute approximate surface area is 149 Å². The first-order valence-corrected chi connectivity index (χ1v) is 8.08. The second-order valence-corrected chi connectivity index (χ2v) is 5.99. The maximum absolute atomic E-state index is 13.1. The first-order chi connectivity index (χ1) is 12.0. The van der Waals surface area contributed by atoms with Crippen molar-refractivity contribution in [2.75, 3.05) is 0 Å². The normalized spacial score (nSPS) is 12.0. The van der Waals surface area contributed by atoms with Gasteiger partial charge in [-0.05, 0) is 49.7 Å². The summed E-state index contributed by atoms with van der Waals surface area (Å²) in [4.78, 5) is 16.6. The highest BCUT2D eigenvalue weighted by Gasteiger charge is 2.19. The van der Waals surface area contributed by atoms with Gasteiger partial charge in [-0.15, -0.1) is 5.10 Å². The number of halogens is 2. The van der Waals surface area contributed by atoms with E-state index in [0.29, 0.717) is 16.5 Å². The molecule has 1 atom stereocenters. The third-order valence-electron chi connectivity index (χ3n) is 3.76. The number of rotatable bonds is 4. The number of hydrogen-bond donors (Lipinski definition) is 1. The minimum atomic E-state index is -0.406. The van der Waals surface area contributed by atoms with E-state index in [2.05, 4.69) is 15.4 Å². The predicted octanol–water partition coefficient (Wildman–Crippen LogP) is 3.86. The molecule has 0 aliphatic carbocycles. The molecule has 7 heteroatoms. The summed E-state index contributed by atoms with van der Waals surface area (Å²) in [5.41, 5.74) is 1.44. The molecule has 128 valence electrons. The molecule has 1 aromatic heterocycles. The summed E-state index contributed by atoms with van der Waals surface area (Å²) in [6.07, 6.45) is 0. The molecule has 0 saturated carbocycles. The van der Waals surface area contributed by atoms with Crippen LogP contribution < -0.4 is 5.32 Å². The van der Waals surface area contributed by atoms with E-state index < -0.39 is 5.91 Å². The minimum absolute atomic E-state index is 0.0423. The molecule has 5 nitrogen and oxygen atoms in total. The molecule has 3 aromatic rings. The SMILES string of the molecule is Cc1nc(C(=O)N[C@H](C)c2ccccc2Cl)nn1-c1ccc(F)cc1. The second-order valence-electron chi connectivity index (χ2n) is 5.59. The van der Waals surface area contributed by atoms with Crippen molar-refractivity contribution in [3.8, 4) is 5.69 Å². The lowest BCUT2D eigenvalue weighted by Crippen LogP contribution is -2.28. The van der Waals surface area contributed by atoms with Gasteiger partial charge in [-0.3, -0.25) is 4.79 Å². The third kappa shape index (κ3) is 3.69. The van der Waals surface area contributed by atoms with Crippen molar-refractivity contribution in [3.05, 3.63) is 76.6 Å². The number of nitrogens with one attached hydrogen (secondary N) is 1. The van der Waals surface area contributed by atoms with E-state index in [1.165, 1.54) is 16.8 Å². The quantitative estimate of drug-likeness (QED) is 0.770. The summed E-state index contributed by atoms with van der Waals surface area (Å²) in [6.45, 7) is 3.56. The molecule has 1 heterocycles. The van der Waals surface area contributed by atoms with Crippen molar-refractivity contribution in [1.82, 2.24) is 20.1 Å². The molecule has 0 aliphatic rings. The second kappa shape index (κ2) is 7.03. The Balaban J connectivity index is 1.80. The lowest BCUT2D eigenvalue weighted by Gasteiger charge is -2.14. The number of aryl methyl sites for hydroxylation is 1. The van der Waals surface area contributed by atoms with Gasteiger partial charge in [0.25, 0.3) is 5.91 Å². The average molecular weight is 359 g/mol. The summed E-state index contributed by atoms with van der Waals surface area (Å²) in [5.74, 6) is -0.174. The predicted molar refractivity (Wildman–Crippen MR) is 93.4 cm³/mol. The van der Waals surface area contributed by atoms with Crippen LogP contribution in [0.3, 0.4) is 0 Å². The van der Waals surface area contributed by atoms with Crippen molar-refractivity contribution in [3.63, 3.8) is 0 Å².